The maximum atomic E-state index is 11.4. The largest absolute Gasteiger partial charge is 0.498 e. The minimum Gasteiger partial charge on any atom is -0.399 e. The van der Waals surface area contributed by atoms with Gasteiger partial charge >= 0.3 is 7.12 Å². The molecular weight excluding hydrogens is 343 g/mol. The predicted molar refractivity (Wildman–Crippen MR) is 106 cm³/mol. The Morgan fingerprint density at radius 2 is 1.70 bits per heavy atom. The van der Waals surface area contributed by atoms with Crippen molar-refractivity contribution >= 4 is 24.4 Å². The minimum absolute atomic E-state index is 0.170. The minimum atomic E-state index is -0.440. The van der Waals surface area contributed by atoms with Crippen LogP contribution in [0.2, 0.25) is 0 Å². The maximum Gasteiger partial charge on any atom is 0.498 e. The number of anilines is 1. The van der Waals surface area contributed by atoms with Crippen LogP contribution in [0.5, 0.6) is 0 Å². The summed E-state index contributed by atoms with van der Waals surface area (Å²) in [6.07, 6.45) is 5.63. The Labute approximate surface area is 162 Å². The van der Waals surface area contributed by atoms with Gasteiger partial charge in [0.2, 0.25) is 11.9 Å². The molecule has 7 nitrogen and oxygen atoms in total. The highest BCUT2D eigenvalue weighted by Crippen LogP contribution is 2.36. The maximum absolute atomic E-state index is 11.4. The first kappa shape index (κ1) is 20.1. The second-order valence-corrected chi connectivity index (χ2v) is 8.73. The van der Waals surface area contributed by atoms with Gasteiger partial charge in [-0.3, -0.25) is 4.79 Å². The molecule has 27 heavy (non-hydrogen) atoms. The van der Waals surface area contributed by atoms with E-state index in [0.29, 0.717) is 11.9 Å². The van der Waals surface area contributed by atoms with Gasteiger partial charge in [0.05, 0.1) is 11.2 Å². The Bertz CT molecular complexity index is 656. The molecule has 1 aromatic heterocycles. The van der Waals surface area contributed by atoms with E-state index in [1.165, 1.54) is 0 Å². The summed E-state index contributed by atoms with van der Waals surface area (Å²) in [6.45, 7) is 12.4. The zero-order valence-electron chi connectivity index (χ0n) is 17.4. The van der Waals surface area contributed by atoms with Gasteiger partial charge in [0.1, 0.15) is 0 Å². The number of piperidine rings is 1. The molecule has 0 spiro atoms. The Hall–Kier alpha value is -1.67. The van der Waals surface area contributed by atoms with E-state index >= 15 is 0 Å². The van der Waals surface area contributed by atoms with Crippen molar-refractivity contribution in [1.29, 1.82) is 0 Å². The smallest absolute Gasteiger partial charge is 0.399 e. The average molecular weight is 374 g/mol. The summed E-state index contributed by atoms with van der Waals surface area (Å²) in [5.41, 5.74) is 0.0876. The molecule has 0 aliphatic carbocycles. The number of nitrogens with zero attached hydrogens (tertiary/aromatic N) is 4. The highest BCUT2D eigenvalue weighted by molar-refractivity contribution is 6.61. The van der Waals surface area contributed by atoms with E-state index in [1.807, 2.05) is 39.6 Å². The molecule has 3 heterocycles. The van der Waals surface area contributed by atoms with Crippen LogP contribution in [0, 0.1) is 5.92 Å². The molecule has 3 rings (SSSR count). The molecule has 2 saturated heterocycles. The van der Waals surface area contributed by atoms with Crippen LogP contribution >= 0.6 is 0 Å². The molecule has 0 radical (unpaired) electrons. The average Bonchev–Trinajstić information content (AvgIpc) is 2.83. The second-order valence-electron chi connectivity index (χ2n) is 8.73. The number of rotatable bonds is 4. The SMILES string of the molecule is CC(=O)N1CCC(CN(C)c2ncc(B3OC(C)(C)C(C)(C)O3)cn2)CC1. The van der Waals surface area contributed by atoms with Crippen LogP contribution in [-0.2, 0) is 14.1 Å². The van der Waals surface area contributed by atoms with Gasteiger partial charge in [-0.25, -0.2) is 9.97 Å². The van der Waals surface area contributed by atoms with Crippen LogP contribution in [0.15, 0.2) is 12.4 Å². The lowest BCUT2D eigenvalue weighted by Crippen LogP contribution is -2.41. The predicted octanol–water partition coefficient (Wildman–Crippen LogP) is 1.47. The molecule has 0 N–H and O–H groups in total. The van der Waals surface area contributed by atoms with Gasteiger partial charge in [-0.05, 0) is 46.5 Å². The number of likely N-dealkylation sites (tertiary alicyclic amines) is 1. The third-order valence-electron chi connectivity index (χ3n) is 6.12. The van der Waals surface area contributed by atoms with Gasteiger partial charge in [-0.2, -0.15) is 0 Å². The van der Waals surface area contributed by atoms with Crippen molar-refractivity contribution in [3.8, 4) is 0 Å². The van der Waals surface area contributed by atoms with E-state index in [2.05, 4.69) is 14.9 Å². The molecule has 2 aliphatic rings. The lowest BCUT2D eigenvalue weighted by atomic mass is 9.81. The van der Waals surface area contributed by atoms with Crippen molar-refractivity contribution in [3.63, 3.8) is 0 Å². The fourth-order valence-corrected chi connectivity index (χ4v) is 3.53. The third-order valence-corrected chi connectivity index (χ3v) is 6.12. The molecule has 0 saturated carbocycles. The van der Waals surface area contributed by atoms with Gasteiger partial charge in [0.15, 0.2) is 0 Å². The van der Waals surface area contributed by atoms with E-state index in [9.17, 15) is 4.79 Å². The highest BCUT2D eigenvalue weighted by atomic mass is 16.7. The van der Waals surface area contributed by atoms with E-state index in [0.717, 1.165) is 37.9 Å². The highest BCUT2D eigenvalue weighted by Gasteiger charge is 2.52. The second kappa shape index (κ2) is 7.39. The van der Waals surface area contributed by atoms with Gasteiger partial charge < -0.3 is 19.1 Å². The van der Waals surface area contributed by atoms with Crippen molar-refractivity contribution in [2.45, 2.75) is 58.7 Å². The Balaban J connectivity index is 1.57. The van der Waals surface area contributed by atoms with Crippen LogP contribution in [0.4, 0.5) is 5.95 Å². The van der Waals surface area contributed by atoms with Crippen LogP contribution in [0.25, 0.3) is 0 Å². The lowest BCUT2D eigenvalue weighted by molar-refractivity contribution is -0.130. The first-order valence-corrected chi connectivity index (χ1v) is 9.73. The molecule has 2 fully saturated rings. The number of amides is 1. The molecule has 0 unspecified atom stereocenters. The first-order valence-electron chi connectivity index (χ1n) is 9.73. The number of hydrogen-bond acceptors (Lipinski definition) is 6. The molecule has 2 aliphatic heterocycles. The fourth-order valence-electron chi connectivity index (χ4n) is 3.53. The lowest BCUT2D eigenvalue weighted by Gasteiger charge is -2.33. The topological polar surface area (TPSA) is 67.8 Å². The number of carbonyl (C=O) groups is 1. The normalized spacial score (nSPS) is 22.1. The Kier molecular flexibility index (Phi) is 5.50. The molecule has 1 aromatic rings. The number of aromatic nitrogens is 2. The Morgan fingerprint density at radius 1 is 1.19 bits per heavy atom. The van der Waals surface area contributed by atoms with E-state index in [4.69, 9.17) is 9.31 Å². The van der Waals surface area contributed by atoms with Crippen LogP contribution in [-0.4, -0.2) is 65.8 Å². The standard InChI is InChI=1S/C19H31BN4O3/c1-14(25)24-9-7-15(8-10-24)13-23(6)17-21-11-16(12-22-17)20-26-18(2,3)19(4,5)27-20/h11-12,15H,7-10,13H2,1-6H3. The molecule has 148 valence electrons. The summed E-state index contributed by atoms with van der Waals surface area (Å²) in [4.78, 5) is 24.5. The summed E-state index contributed by atoms with van der Waals surface area (Å²) in [5.74, 6) is 1.42. The monoisotopic (exact) mass is 374 g/mol. The van der Waals surface area contributed by atoms with Crippen molar-refractivity contribution in [1.82, 2.24) is 14.9 Å². The summed E-state index contributed by atoms with van der Waals surface area (Å²) in [5, 5.41) is 0. The van der Waals surface area contributed by atoms with Crippen molar-refractivity contribution in [2.24, 2.45) is 5.92 Å². The van der Waals surface area contributed by atoms with Gasteiger partial charge in [-0.1, -0.05) is 0 Å². The van der Waals surface area contributed by atoms with Crippen LogP contribution in [0.1, 0.15) is 47.5 Å². The molecule has 1 amide bonds. The quantitative estimate of drug-likeness (QED) is 0.744. The van der Waals surface area contributed by atoms with E-state index in [1.54, 1.807) is 19.3 Å². The van der Waals surface area contributed by atoms with Crippen molar-refractivity contribution in [2.75, 3.05) is 31.6 Å². The van der Waals surface area contributed by atoms with Gasteiger partial charge in [0.25, 0.3) is 0 Å². The van der Waals surface area contributed by atoms with Gasteiger partial charge in [-0.15, -0.1) is 0 Å². The fraction of sp³-hybridized carbons (Fsp3) is 0.737. The number of carbonyl (C=O) groups excluding carboxylic acids is 1. The molecule has 0 bridgehead atoms. The van der Waals surface area contributed by atoms with Crippen molar-refractivity contribution in [3.05, 3.63) is 12.4 Å². The van der Waals surface area contributed by atoms with E-state index < -0.39 is 7.12 Å². The first-order chi connectivity index (χ1) is 12.6. The summed E-state index contributed by atoms with van der Waals surface area (Å²) >= 11 is 0. The Morgan fingerprint density at radius 3 is 2.19 bits per heavy atom. The summed E-state index contributed by atoms with van der Waals surface area (Å²) in [7, 11) is 1.58. The number of hydrogen-bond donors (Lipinski definition) is 0. The summed E-state index contributed by atoms with van der Waals surface area (Å²) < 4.78 is 12.1. The van der Waals surface area contributed by atoms with Crippen LogP contribution < -0.4 is 10.4 Å². The van der Waals surface area contributed by atoms with Crippen molar-refractivity contribution < 1.29 is 14.1 Å². The third kappa shape index (κ3) is 4.27. The molecule has 0 aromatic carbocycles. The van der Waals surface area contributed by atoms with E-state index in [-0.39, 0.29) is 17.1 Å². The zero-order valence-corrected chi connectivity index (χ0v) is 17.4. The molecule has 8 heteroatoms. The molecule has 0 atom stereocenters. The zero-order chi connectivity index (χ0) is 19.8. The van der Waals surface area contributed by atoms with Crippen LogP contribution in [0.3, 0.4) is 0 Å². The molecular formula is C19H31BN4O3. The summed E-state index contributed by atoms with van der Waals surface area (Å²) in [6, 6.07) is 0. The van der Waals surface area contributed by atoms with Gasteiger partial charge in [0, 0.05) is 51.5 Å².